The molecule has 3 nitrogen and oxygen atoms in total. The molecule has 2 aliphatic rings. The summed E-state index contributed by atoms with van der Waals surface area (Å²) in [6.45, 7) is 5.29. The standard InChI is InChI=1S/C17H17N3/c1-11-7-8-15-13(9-11)10-20-12(2)14-5-3-4-6-16(14)19-17(20)18-15/h3-9,12H,10H2,1-2H3,(H,18,19)/t12-/m0/s1. The van der Waals surface area contributed by atoms with Gasteiger partial charge in [0, 0.05) is 12.2 Å². The summed E-state index contributed by atoms with van der Waals surface area (Å²) in [7, 11) is 0. The molecule has 1 atom stereocenters. The van der Waals surface area contributed by atoms with Crippen LogP contribution in [0.3, 0.4) is 0 Å². The van der Waals surface area contributed by atoms with Crippen LogP contribution in [0.2, 0.25) is 0 Å². The molecule has 2 aliphatic heterocycles. The lowest BCUT2D eigenvalue weighted by Crippen LogP contribution is -2.43. The van der Waals surface area contributed by atoms with Crippen LogP contribution in [0.15, 0.2) is 47.5 Å². The number of nitrogens with one attached hydrogen (secondary N) is 1. The van der Waals surface area contributed by atoms with Crippen LogP contribution < -0.4 is 5.32 Å². The van der Waals surface area contributed by atoms with E-state index in [1.165, 1.54) is 22.4 Å². The first-order valence-electron chi connectivity index (χ1n) is 7.03. The summed E-state index contributed by atoms with van der Waals surface area (Å²) in [6, 6.07) is 15.3. The number of benzene rings is 2. The Kier molecular flexibility index (Phi) is 2.36. The molecular formula is C17H17N3. The number of anilines is 1. The van der Waals surface area contributed by atoms with Crippen LogP contribution in [0.1, 0.15) is 29.7 Å². The lowest BCUT2D eigenvalue weighted by molar-refractivity contribution is 0.319. The van der Waals surface area contributed by atoms with Crippen molar-refractivity contribution in [3.8, 4) is 0 Å². The molecule has 0 saturated heterocycles. The molecule has 0 amide bonds. The van der Waals surface area contributed by atoms with Gasteiger partial charge in [-0.2, -0.15) is 0 Å². The van der Waals surface area contributed by atoms with Crippen LogP contribution in [0, 0.1) is 6.92 Å². The molecule has 1 N–H and O–H groups in total. The quantitative estimate of drug-likeness (QED) is 0.778. The first kappa shape index (κ1) is 11.5. The molecule has 0 fully saturated rings. The third kappa shape index (κ3) is 1.63. The van der Waals surface area contributed by atoms with Crippen molar-refractivity contribution in [2.24, 2.45) is 4.99 Å². The van der Waals surface area contributed by atoms with Gasteiger partial charge in [-0.15, -0.1) is 0 Å². The zero-order valence-corrected chi connectivity index (χ0v) is 11.7. The highest BCUT2D eigenvalue weighted by atomic mass is 15.3. The van der Waals surface area contributed by atoms with E-state index in [2.05, 4.69) is 66.5 Å². The van der Waals surface area contributed by atoms with E-state index < -0.39 is 0 Å². The molecule has 2 aromatic carbocycles. The molecule has 4 rings (SSSR count). The van der Waals surface area contributed by atoms with E-state index in [0.717, 1.165) is 18.2 Å². The highest BCUT2D eigenvalue weighted by Gasteiger charge is 2.30. The highest BCUT2D eigenvalue weighted by molar-refractivity contribution is 5.99. The topological polar surface area (TPSA) is 27.6 Å². The first-order chi connectivity index (χ1) is 9.72. The second-order valence-corrected chi connectivity index (χ2v) is 5.58. The van der Waals surface area contributed by atoms with Gasteiger partial charge >= 0.3 is 0 Å². The number of rotatable bonds is 0. The maximum absolute atomic E-state index is 4.79. The molecule has 0 bridgehead atoms. The highest BCUT2D eigenvalue weighted by Crippen LogP contribution is 2.38. The molecule has 20 heavy (non-hydrogen) atoms. The minimum atomic E-state index is 0.347. The number of hydrogen-bond donors (Lipinski definition) is 1. The van der Waals surface area contributed by atoms with Gasteiger partial charge in [0.1, 0.15) is 0 Å². The minimum Gasteiger partial charge on any atom is -0.331 e. The van der Waals surface area contributed by atoms with Gasteiger partial charge in [0.05, 0.1) is 11.7 Å². The summed E-state index contributed by atoms with van der Waals surface area (Å²) in [5.74, 6) is 0.965. The molecule has 0 radical (unpaired) electrons. The van der Waals surface area contributed by atoms with Crippen molar-refractivity contribution in [2.75, 3.05) is 5.32 Å². The van der Waals surface area contributed by atoms with E-state index >= 15 is 0 Å². The Balaban J connectivity index is 1.83. The smallest absolute Gasteiger partial charge is 0.204 e. The van der Waals surface area contributed by atoms with Gasteiger partial charge in [-0.05, 0) is 37.1 Å². The largest absolute Gasteiger partial charge is 0.331 e. The summed E-state index contributed by atoms with van der Waals surface area (Å²) < 4.78 is 0. The van der Waals surface area contributed by atoms with Crippen LogP contribution in [0.4, 0.5) is 11.4 Å². The number of guanidine groups is 1. The summed E-state index contributed by atoms with van der Waals surface area (Å²) in [6.07, 6.45) is 0. The number of para-hydroxylation sites is 1. The van der Waals surface area contributed by atoms with E-state index in [0.29, 0.717) is 6.04 Å². The van der Waals surface area contributed by atoms with Gasteiger partial charge < -0.3 is 10.2 Å². The van der Waals surface area contributed by atoms with E-state index in [1.807, 2.05) is 0 Å². The number of aliphatic imine (C=N–C) groups is 1. The summed E-state index contributed by atoms with van der Waals surface area (Å²) in [5.41, 5.74) is 6.19. The van der Waals surface area contributed by atoms with Crippen molar-refractivity contribution in [1.29, 1.82) is 0 Å². The maximum Gasteiger partial charge on any atom is 0.204 e. The minimum absolute atomic E-state index is 0.347. The molecule has 0 aromatic heterocycles. The lowest BCUT2D eigenvalue weighted by Gasteiger charge is -2.40. The summed E-state index contributed by atoms with van der Waals surface area (Å²) in [5, 5.41) is 3.46. The van der Waals surface area contributed by atoms with Gasteiger partial charge in [-0.3, -0.25) is 0 Å². The van der Waals surface area contributed by atoms with E-state index in [1.54, 1.807) is 0 Å². The van der Waals surface area contributed by atoms with Crippen molar-refractivity contribution >= 4 is 17.3 Å². The van der Waals surface area contributed by atoms with Gasteiger partial charge in [0.15, 0.2) is 0 Å². The molecular weight excluding hydrogens is 246 g/mol. The summed E-state index contributed by atoms with van der Waals surface area (Å²) >= 11 is 0. The van der Waals surface area contributed by atoms with Crippen LogP contribution in [0.5, 0.6) is 0 Å². The average molecular weight is 263 g/mol. The Labute approximate surface area is 119 Å². The van der Waals surface area contributed by atoms with Crippen LogP contribution >= 0.6 is 0 Å². The van der Waals surface area contributed by atoms with Gasteiger partial charge in [0.25, 0.3) is 0 Å². The monoisotopic (exact) mass is 263 g/mol. The Morgan fingerprint density at radius 2 is 2.05 bits per heavy atom. The van der Waals surface area contributed by atoms with Crippen molar-refractivity contribution in [3.63, 3.8) is 0 Å². The number of hydrogen-bond acceptors (Lipinski definition) is 3. The predicted molar refractivity (Wildman–Crippen MR) is 82.3 cm³/mol. The van der Waals surface area contributed by atoms with Crippen molar-refractivity contribution in [2.45, 2.75) is 26.4 Å². The number of aryl methyl sites for hydroxylation is 1. The molecule has 0 saturated carbocycles. The number of nitrogens with zero attached hydrogens (tertiary/aromatic N) is 2. The zero-order valence-electron chi connectivity index (χ0n) is 11.7. The van der Waals surface area contributed by atoms with Crippen molar-refractivity contribution < 1.29 is 0 Å². The fourth-order valence-corrected chi connectivity index (χ4v) is 3.07. The predicted octanol–water partition coefficient (Wildman–Crippen LogP) is 3.98. The van der Waals surface area contributed by atoms with Gasteiger partial charge in [-0.1, -0.05) is 35.9 Å². The molecule has 2 aromatic rings. The maximum atomic E-state index is 4.79. The Morgan fingerprint density at radius 1 is 1.20 bits per heavy atom. The molecule has 0 unspecified atom stereocenters. The molecule has 2 heterocycles. The van der Waals surface area contributed by atoms with Crippen LogP contribution in [-0.2, 0) is 6.54 Å². The first-order valence-corrected chi connectivity index (χ1v) is 7.03. The Hall–Kier alpha value is -2.29. The average Bonchev–Trinajstić information content (AvgIpc) is 2.46. The normalized spacial score (nSPS) is 19.4. The van der Waals surface area contributed by atoms with Crippen LogP contribution in [-0.4, -0.2) is 10.9 Å². The fraction of sp³-hybridized carbons (Fsp3) is 0.235. The van der Waals surface area contributed by atoms with Gasteiger partial charge in [-0.25, -0.2) is 4.99 Å². The third-order valence-electron chi connectivity index (χ3n) is 4.20. The fourth-order valence-electron chi connectivity index (χ4n) is 3.07. The lowest BCUT2D eigenvalue weighted by atomic mass is 9.99. The molecule has 0 aliphatic carbocycles. The van der Waals surface area contributed by atoms with E-state index in [9.17, 15) is 0 Å². The van der Waals surface area contributed by atoms with E-state index in [4.69, 9.17) is 4.99 Å². The van der Waals surface area contributed by atoms with Crippen LogP contribution in [0.25, 0.3) is 0 Å². The molecule has 3 heteroatoms. The second kappa shape index (κ2) is 4.10. The van der Waals surface area contributed by atoms with Gasteiger partial charge in [0.2, 0.25) is 5.96 Å². The summed E-state index contributed by atoms with van der Waals surface area (Å²) in [4.78, 5) is 7.13. The Bertz CT molecular complexity index is 718. The van der Waals surface area contributed by atoms with E-state index in [-0.39, 0.29) is 0 Å². The third-order valence-corrected chi connectivity index (χ3v) is 4.20. The molecule has 0 spiro atoms. The second-order valence-electron chi connectivity index (χ2n) is 5.58. The SMILES string of the molecule is Cc1ccc2c(c1)CN1C(=N2)Nc2ccccc2[C@@H]1C. The number of fused-ring (bicyclic) bond motifs is 3. The Morgan fingerprint density at radius 3 is 2.95 bits per heavy atom. The zero-order chi connectivity index (χ0) is 13.7. The molecule has 100 valence electrons. The van der Waals surface area contributed by atoms with Crippen molar-refractivity contribution in [3.05, 3.63) is 59.2 Å². The van der Waals surface area contributed by atoms with Crippen molar-refractivity contribution in [1.82, 2.24) is 4.90 Å².